The van der Waals surface area contributed by atoms with Crippen molar-refractivity contribution in [3.8, 4) is 0 Å². The Balaban J connectivity index is 1.19. The minimum absolute atomic E-state index is 1.14. The van der Waals surface area contributed by atoms with Crippen LogP contribution in [0.5, 0.6) is 0 Å². The second-order valence-corrected chi connectivity index (χ2v) is 16.4. The Labute approximate surface area is 333 Å². The standard InChI is InChI=1S/C52H36N2S2/c1-3-14-35(4-2)53(45-21-12-19-39-37-17-8-10-23-47(37)55-51(39)45)43-31-27-33-26-30-42-44(32-28-34-25-29-41(43)49(33)50(34)42)54(36-15-6-5-7-16-36)46-22-13-20-40-38-18-9-11-24-48(38)56-52(40)46/h3-32H,1-2H3/b14-3-,35-4+. The molecule has 0 fully saturated rings. The van der Waals surface area contributed by atoms with Gasteiger partial charge in [-0.2, -0.15) is 0 Å². The smallest absolute Gasteiger partial charge is 0.0640 e. The highest BCUT2D eigenvalue weighted by molar-refractivity contribution is 7.26. The number of allylic oxidation sites excluding steroid dienone is 3. The van der Waals surface area contributed by atoms with E-state index < -0.39 is 0 Å². The van der Waals surface area contributed by atoms with Gasteiger partial charge in [-0.1, -0.05) is 127 Å². The number of thiophene rings is 2. The molecule has 4 heteroatoms. The van der Waals surface area contributed by atoms with Crippen molar-refractivity contribution in [2.45, 2.75) is 13.8 Å². The zero-order valence-corrected chi connectivity index (χ0v) is 32.7. The molecule has 0 aliphatic heterocycles. The van der Waals surface area contributed by atoms with Gasteiger partial charge in [-0.15, -0.1) is 22.7 Å². The molecule has 9 aromatic carbocycles. The van der Waals surface area contributed by atoms with E-state index in [4.69, 9.17) is 0 Å². The fourth-order valence-corrected chi connectivity index (χ4v) is 11.3. The Bertz CT molecular complexity index is 3350. The van der Waals surface area contributed by atoms with Crippen molar-refractivity contribution in [3.05, 3.63) is 188 Å². The van der Waals surface area contributed by atoms with Crippen molar-refractivity contribution >= 4 is 124 Å². The molecular formula is C52H36N2S2. The van der Waals surface area contributed by atoms with Gasteiger partial charge in [0.2, 0.25) is 0 Å². The third-order valence-electron chi connectivity index (χ3n) is 11.3. The fourth-order valence-electron chi connectivity index (χ4n) is 8.84. The van der Waals surface area contributed by atoms with Crippen molar-refractivity contribution in [2.24, 2.45) is 0 Å². The lowest BCUT2D eigenvalue weighted by molar-refractivity contribution is 1.22. The molecule has 0 spiro atoms. The minimum Gasteiger partial charge on any atom is -0.309 e. The van der Waals surface area contributed by atoms with E-state index in [-0.39, 0.29) is 0 Å². The lowest BCUT2D eigenvalue weighted by atomic mass is 9.91. The zero-order chi connectivity index (χ0) is 37.3. The van der Waals surface area contributed by atoms with Crippen molar-refractivity contribution in [3.63, 3.8) is 0 Å². The second-order valence-electron chi connectivity index (χ2n) is 14.3. The maximum Gasteiger partial charge on any atom is 0.0640 e. The summed E-state index contributed by atoms with van der Waals surface area (Å²) in [4.78, 5) is 4.95. The van der Waals surface area contributed by atoms with Crippen molar-refractivity contribution < 1.29 is 0 Å². The molecule has 0 bridgehead atoms. The molecule has 2 aromatic heterocycles. The van der Waals surface area contributed by atoms with Gasteiger partial charge >= 0.3 is 0 Å². The molecule has 0 aliphatic rings. The molecule has 0 radical (unpaired) electrons. The van der Waals surface area contributed by atoms with Gasteiger partial charge in [0, 0.05) is 53.1 Å². The van der Waals surface area contributed by atoms with Crippen molar-refractivity contribution in [1.82, 2.24) is 0 Å². The highest BCUT2D eigenvalue weighted by atomic mass is 32.1. The van der Waals surface area contributed by atoms with E-state index in [0.29, 0.717) is 0 Å². The summed E-state index contributed by atoms with van der Waals surface area (Å²) in [7, 11) is 0. The van der Waals surface area contributed by atoms with Crippen LogP contribution in [0.2, 0.25) is 0 Å². The first-order valence-corrected chi connectivity index (χ1v) is 20.8. The van der Waals surface area contributed by atoms with E-state index in [2.05, 4.69) is 206 Å². The summed E-state index contributed by atoms with van der Waals surface area (Å²) in [6.07, 6.45) is 6.61. The molecule has 2 nitrogen and oxygen atoms in total. The molecule has 0 atom stereocenters. The number of nitrogens with zero attached hydrogens (tertiary/aromatic N) is 2. The Morgan fingerprint density at radius 2 is 0.946 bits per heavy atom. The van der Waals surface area contributed by atoms with Crippen LogP contribution < -0.4 is 9.80 Å². The Morgan fingerprint density at radius 1 is 0.429 bits per heavy atom. The Hall–Kier alpha value is -6.46. The number of anilines is 5. The van der Waals surface area contributed by atoms with Crippen LogP contribution in [0.4, 0.5) is 28.4 Å². The number of rotatable bonds is 7. The summed E-state index contributed by atoms with van der Waals surface area (Å²) >= 11 is 3.75. The first-order valence-electron chi connectivity index (χ1n) is 19.2. The van der Waals surface area contributed by atoms with E-state index in [0.717, 1.165) is 11.4 Å². The van der Waals surface area contributed by atoms with Crippen LogP contribution in [0.25, 0.3) is 72.7 Å². The first-order chi connectivity index (χ1) is 27.7. The van der Waals surface area contributed by atoms with Crippen LogP contribution in [0.15, 0.2) is 188 Å². The highest BCUT2D eigenvalue weighted by Crippen LogP contribution is 2.50. The van der Waals surface area contributed by atoms with E-state index in [1.165, 1.54) is 95.4 Å². The topological polar surface area (TPSA) is 6.48 Å². The van der Waals surface area contributed by atoms with Crippen LogP contribution in [0.3, 0.4) is 0 Å². The molecule has 0 saturated heterocycles. The van der Waals surface area contributed by atoms with Crippen LogP contribution in [-0.4, -0.2) is 0 Å². The third-order valence-corrected chi connectivity index (χ3v) is 13.7. The minimum atomic E-state index is 1.14. The normalized spacial score (nSPS) is 12.5. The van der Waals surface area contributed by atoms with Crippen LogP contribution in [0.1, 0.15) is 13.8 Å². The van der Waals surface area contributed by atoms with E-state index in [9.17, 15) is 0 Å². The van der Waals surface area contributed by atoms with Gasteiger partial charge in [-0.3, -0.25) is 0 Å². The number of benzene rings is 9. The second kappa shape index (κ2) is 13.1. The Morgan fingerprint density at radius 3 is 1.57 bits per heavy atom. The SMILES string of the molecule is C/C=C\C(=C/C)N(c1ccc2ccc3c(N(c4ccccc4)c4cccc5c4sc4ccccc45)ccc4ccc1c2c43)c1cccc2c1sc1ccccc12. The predicted octanol–water partition coefficient (Wildman–Crippen LogP) is 16.4. The van der Waals surface area contributed by atoms with Crippen molar-refractivity contribution in [2.75, 3.05) is 9.80 Å². The van der Waals surface area contributed by atoms with Gasteiger partial charge in [0.05, 0.1) is 32.1 Å². The van der Waals surface area contributed by atoms with E-state index in [1.54, 1.807) is 0 Å². The zero-order valence-electron chi connectivity index (χ0n) is 31.0. The molecule has 0 N–H and O–H groups in total. The largest absolute Gasteiger partial charge is 0.309 e. The van der Waals surface area contributed by atoms with E-state index >= 15 is 0 Å². The maximum atomic E-state index is 2.48. The predicted molar refractivity (Wildman–Crippen MR) is 248 cm³/mol. The van der Waals surface area contributed by atoms with Crippen molar-refractivity contribution in [1.29, 1.82) is 0 Å². The summed E-state index contributed by atoms with van der Waals surface area (Å²) in [5, 5.41) is 12.7. The molecular weight excluding hydrogens is 717 g/mol. The Kier molecular flexibility index (Phi) is 7.70. The molecule has 0 amide bonds. The van der Waals surface area contributed by atoms with Gasteiger partial charge < -0.3 is 9.80 Å². The fraction of sp³-hybridized carbons (Fsp3) is 0.0385. The molecule has 0 saturated carbocycles. The quantitative estimate of drug-likeness (QED) is 0.118. The average Bonchev–Trinajstić information content (AvgIpc) is 3.83. The summed E-state index contributed by atoms with van der Waals surface area (Å²) in [6.45, 7) is 4.25. The summed E-state index contributed by atoms with van der Waals surface area (Å²) in [5.74, 6) is 0. The molecule has 56 heavy (non-hydrogen) atoms. The number of hydrogen-bond donors (Lipinski definition) is 0. The summed E-state index contributed by atoms with van der Waals surface area (Å²) in [5.41, 5.74) is 7.00. The van der Waals surface area contributed by atoms with Crippen LogP contribution in [0, 0.1) is 0 Å². The molecule has 0 unspecified atom stereocenters. The van der Waals surface area contributed by atoms with Crippen LogP contribution >= 0.6 is 22.7 Å². The number of hydrogen-bond acceptors (Lipinski definition) is 4. The molecule has 11 rings (SSSR count). The third kappa shape index (κ3) is 4.93. The lowest BCUT2D eigenvalue weighted by Crippen LogP contribution is -2.16. The molecule has 11 aromatic rings. The first kappa shape index (κ1) is 32.9. The molecule has 2 heterocycles. The van der Waals surface area contributed by atoms with Gasteiger partial charge in [0.1, 0.15) is 0 Å². The van der Waals surface area contributed by atoms with E-state index in [1.807, 2.05) is 22.7 Å². The van der Waals surface area contributed by atoms with Gasteiger partial charge in [-0.25, -0.2) is 0 Å². The average molecular weight is 753 g/mol. The van der Waals surface area contributed by atoms with Gasteiger partial charge in [0.15, 0.2) is 0 Å². The summed E-state index contributed by atoms with van der Waals surface area (Å²) < 4.78 is 5.19. The highest BCUT2D eigenvalue weighted by Gasteiger charge is 2.24. The van der Waals surface area contributed by atoms with Crippen LogP contribution in [-0.2, 0) is 0 Å². The summed E-state index contributed by atoms with van der Waals surface area (Å²) in [6, 6.07) is 60.5. The number of para-hydroxylation sites is 1. The maximum absolute atomic E-state index is 2.48. The van der Waals surface area contributed by atoms with Gasteiger partial charge in [-0.05, 0) is 90.0 Å². The molecule has 266 valence electrons. The monoisotopic (exact) mass is 752 g/mol. The lowest BCUT2D eigenvalue weighted by Gasteiger charge is -2.30. The number of fused-ring (bicyclic) bond motifs is 6. The molecule has 0 aliphatic carbocycles. The van der Waals surface area contributed by atoms with Gasteiger partial charge in [0.25, 0.3) is 0 Å².